The molecule has 1 N–H and O–H groups in total. The third kappa shape index (κ3) is 2.43. The van der Waals surface area contributed by atoms with Crippen LogP contribution in [-0.4, -0.2) is 3.79 Å². The topological polar surface area (TPSA) is 24.5 Å². The van der Waals surface area contributed by atoms with Crippen LogP contribution in [0.3, 0.4) is 0 Å². The lowest BCUT2D eigenvalue weighted by atomic mass is 10.3. The molecule has 0 radical (unpaired) electrons. The minimum atomic E-state index is -1.56. The van der Waals surface area contributed by atoms with Crippen molar-refractivity contribution in [2.45, 2.75) is 3.79 Å². The average Bonchev–Trinajstić information content (AvgIpc) is 2.67. The molecule has 0 aromatic heterocycles. The molecule has 6 heteroatoms. The average molecular weight is 266 g/mol. The van der Waals surface area contributed by atoms with Gasteiger partial charge >= 0.3 is 0 Å². The van der Waals surface area contributed by atoms with Crippen LogP contribution in [0, 0.1) is 0 Å². The van der Waals surface area contributed by atoms with Crippen LogP contribution in [0.15, 0.2) is 42.3 Å². The minimum absolute atomic E-state index is 0.233. The molecule has 0 fully saturated rings. The van der Waals surface area contributed by atoms with E-state index in [1.807, 2.05) is 30.3 Å². The van der Waals surface area contributed by atoms with Crippen molar-refractivity contribution in [2.75, 3.05) is 5.17 Å². The van der Waals surface area contributed by atoms with Crippen molar-refractivity contribution < 1.29 is 4.84 Å². The molecule has 0 unspecified atom stereocenters. The van der Waals surface area contributed by atoms with Crippen molar-refractivity contribution in [1.29, 1.82) is 0 Å². The fraction of sp³-hybridized carbons (Fsp3) is 0.111. The van der Waals surface area contributed by atoms with Crippen molar-refractivity contribution >= 4 is 40.5 Å². The summed E-state index contributed by atoms with van der Waals surface area (Å²) in [5, 5.41) is 1.41. The number of allylic oxidation sites excluding steroid dienone is 1. The molecule has 0 saturated carbocycles. The number of alkyl halides is 3. The second-order valence-corrected chi connectivity index (χ2v) is 5.14. The maximum absolute atomic E-state index is 5.66. The monoisotopic (exact) mass is 264 g/mol. The zero-order valence-electron chi connectivity index (χ0n) is 7.45. The van der Waals surface area contributed by atoms with Crippen molar-refractivity contribution in [2.24, 2.45) is 0 Å². The first-order valence-electron chi connectivity index (χ1n) is 4.14. The number of halogens is 3. The van der Waals surface area contributed by atoms with Crippen LogP contribution in [0.25, 0.3) is 0 Å². The van der Waals surface area contributed by atoms with Crippen molar-refractivity contribution in [3.8, 4) is 0 Å². The summed E-state index contributed by atoms with van der Waals surface area (Å²) in [6.45, 7) is 0. The zero-order valence-corrected chi connectivity index (χ0v) is 9.72. The van der Waals surface area contributed by atoms with E-state index >= 15 is 0 Å². The summed E-state index contributed by atoms with van der Waals surface area (Å²) < 4.78 is -1.56. The Morgan fingerprint density at radius 1 is 1.13 bits per heavy atom. The van der Waals surface area contributed by atoms with E-state index in [4.69, 9.17) is 39.6 Å². The molecule has 3 nitrogen and oxygen atoms in total. The van der Waals surface area contributed by atoms with Crippen molar-refractivity contribution in [3.63, 3.8) is 0 Å². The van der Waals surface area contributed by atoms with Crippen molar-refractivity contribution in [1.82, 2.24) is 5.43 Å². The van der Waals surface area contributed by atoms with Gasteiger partial charge in [0, 0.05) is 0 Å². The summed E-state index contributed by atoms with van der Waals surface area (Å²) in [7, 11) is 0. The molecular weight excluding hydrogens is 258 g/mol. The molecule has 1 aliphatic heterocycles. The Balaban J connectivity index is 2.09. The van der Waals surface area contributed by atoms with E-state index in [0.29, 0.717) is 0 Å². The molecule has 2 rings (SSSR count). The highest BCUT2D eigenvalue weighted by atomic mass is 35.6. The lowest BCUT2D eigenvalue weighted by Gasteiger charge is -2.19. The fourth-order valence-corrected chi connectivity index (χ4v) is 1.36. The summed E-state index contributed by atoms with van der Waals surface area (Å²) in [6, 6.07) is 9.40. The highest BCUT2D eigenvalue weighted by molar-refractivity contribution is 6.69. The van der Waals surface area contributed by atoms with Gasteiger partial charge in [0.05, 0.1) is 11.9 Å². The fourth-order valence-electron chi connectivity index (χ4n) is 1.09. The number of anilines is 1. The first-order valence-corrected chi connectivity index (χ1v) is 5.27. The Kier molecular flexibility index (Phi) is 2.87. The van der Waals surface area contributed by atoms with E-state index in [2.05, 4.69) is 5.43 Å². The number of rotatable bonds is 1. The zero-order chi connectivity index (χ0) is 10.9. The van der Waals surface area contributed by atoms with Gasteiger partial charge in [-0.05, 0) is 12.1 Å². The molecule has 0 amide bonds. The van der Waals surface area contributed by atoms with Gasteiger partial charge < -0.3 is 4.84 Å². The van der Waals surface area contributed by atoms with Crippen LogP contribution in [0.4, 0.5) is 5.69 Å². The van der Waals surface area contributed by atoms with Crippen LogP contribution in [-0.2, 0) is 4.84 Å². The highest BCUT2D eigenvalue weighted by Crippen LogP contribution is 2.37. The third-order valence-corrected chi connectivity index (χ3v) is 2.33. The summed E-state index contributed by atoms with van der Waals surface area (Å²) in [4.78, 5) is 5.30. The van der Waals surface area contributed by atoms with E-state index in [1.165, 1.54) is 11.4 Å². The van der Waals surface area contributed by atoms with Gasteiger partial charge in [0.1, 0.15) is 0 Å². The van der Waals surface area contributed by atoms with E-state index in [0.717, 1.165) is 5.69 Å². The summed E-state index contributed by atoms with van der Waals surface area (Å²) in [6.07, 6.45) is 1.50. The van der Waals surface area contributed by atoms with E-state index in [-0.39, 0.29) is 5.76 Å². The Bertz CT molecular complexity index is 375. The second-order valence-electron chi connectivity index (χ2n) is 2.86. The van der Waals surface area contributed by atoms with Crippen LogP contribution in [0.2, 0.25) is 0 Å². The SMILES string of the molecule is ClC(Cl)(Cl)C1=CNN(c2ccccc2)O1. The molecule has 1 aromatic carbocycles. The normalized spacial score (nSPS) is 15.7. The Labute approximate surface area is 102 Å². The van der Waals surface area contributed by atoms with Gasteiger partial charge in [-0.1, -0.05) is 53.0 Å². The predicted octanol–water partition coefficient (Wildman–Crippen LogP) is 3.15. The number of hydrogen-bond acceptors (Lipinski definition) is 3. The molecule has 15 heavy (non-hydrogen) atoms. The molecule has 1 aromatic rings. The van der Waals surface area contributed by atoms with E-state index < -0.39 is 3.79 Å². The first-order chi connectivity index (χ1) is 7.07. The molecule has 0 saturated heterocycles. The van der Waals surface area contributed by atoms with Gasteiger partial charge in [0.15, 0.2) is 0 Å². The van der Waals surface area contributed by atoms with Crippen LogP contribution in [0.5, 0.6) is 0 Å². The molecule has 0 bridgehead atoms. The molecule has 80 valence electrons. The van der Waals surface area contributed by atoms with E-state index in [1.54, 1.807) is 0 Å². The largest absolute Gasteiger partial charge is 0.358 e. The minimum Gasteiger partial charge on any atom is -0.358 e. The van der Waals surface area contributed by atoms with Gasteiger partial charge in [0.25, 0.3) is 3.79 Å². The second kappa shape index (κ2) is 4.00. The molecule has 0 spiro atoms. The Hall–Kier alpha value is -0.770. The maximum atomic E-state index is 5.66. The smallest absolute Gasteiger partial charge is 0.252 e. The summed E-state index contributed by atoms with van der Waals surface area (Å²) >= 11 is 17.0. The quantitative estimate of drug-likeness (QED) is 0.790. The van der Waals surface area contributed by atoms with Crippen LogP contribution >= 0.6 is 34.8 Å². The summed E-state index contributed by atoms with van der Waals surface area (Å²) in [5.74, 6) is 0.233. The van der Waals surface area contributed by atoms with Crippen LogP contribution < -0.4 is 10.6 Å². The lowest BCUT2D eigenvalue weighted by molar-refractivity contribution is 0.188. The van der Waals surface area contributed by atoms with Gasteiger partial charge in [-0.3, -0.25) is 5.43 Å². The summed E-state index contributed by atoms with van der Waals surface area (Å²) in [5.41, 5.74) is 3.64. The number of nitrogens with zero attached hydrogens (tertiary/aromatic N) is 1. The number of hydrazine groups is 1. The third-order valence-electron chi connectivity index (χ3n) is 1.77. The number of hydrogen-bond donors (Lipinski definition) is 1. The van der Waals surface area contributed by atoms with E-state index in [9.17, 15) is 0 Å². The van der Waals surface area contributed by atoms with Gasteiger partial charge in [-0.2, -0.15) is 0 Å². The van der Waals surface area contributed by atoms with Crippen LogP contribution in [0.1, 0.15) is 0 Å². The maximum Gasteiger partial charge on any atom is 0.252 e. The number of nitrogens with one attached hydrogen (secondary N) is 1. The first kappa shape index (κ1) is 10.7. The van der Waals surface area contributed by atoms with Gasteiger partial charge in [0.2, 0.25) is 5.76 Å². The number of para-hydroxylation sites is 1. The van der Waals surface area contributed by atoms with Crippen molar-refractivity contribution in [3.05, 3.63) is 42.3 Å². The van der Waals surface area contributed by atoms with Gasteiger partial charge in [-0.15, -0.1) is 5.17 Å². The molecule has 1 heterocycles. The molecule has 0 aliphatic carbocycles. The predicted molar refractivity (Wildman–Crippen MR) is 61.5 cm³/mol. The molecule has 1 aliphatic rings. The number of benzene rings is 1. The lowest BCUT2D eigenvalue weighted by Crippen LogP contribution is -2.28. The Morgan fingerprint density at radius 2 is 1.80 bits per heavy atom. The van der Waals surface area contributed by atoms with Gasteiger partial charge in [-0.25, -0.2) is 0 Å². The molecule has 0 atom stereocenters. The molecular formula is C9H7Cl3N2O. The Morgan fingerprint density at radius 3 is 2.33 bits per heavy atom. The standard InChI is InChI=1S/C9H7Cl3N2O/c10-9(11,12)8-6-13-14(15-8)7-4-2-1-3-5-7/h1-6,13H. The highest BCUT2D eigenvalue weighted by Gasteiger charge is 2.33.